The fourth-order valence-corrected chi connectivity index (χ4v) is 4.15. The predicted octanol–water partition coefficient (Wildman–Crippen LogP) is 3.75. The van der Waals surface area contributed by atoms with E-state index in [4.69, 9.17) is 17.3 Å². The van der Waals surface area contributed by atoms with E-state index in [1.165, 1.54) is 4.88 Å². The van der Waals surface area contributed by atoms with E-state index in [9.17, 15) is 4.79 Å². The summed E-state index contributed by atoms with van der Waals surface area (Å²) in [6, 6.07) is 7.17. The van der Waals surface area contributed by atoms with Crippen LogP contribution in [-0.4, -0.2) is 13.0 Å². The maximum Gasteiger partial charge on any atom is 0.245 e. The van der Waals surface area contributed by atoms with Gasteiger partial charge >= 0.3 is 0 Å². The molecular formula is C14H13BrClN3OS. The summed E-state index contributed by atoms with van der Waals surface area (Å²) in [5, 5.41) is 2.81. The summed E-state index contributed by atoms with van der Waals surface area (Å²) in [7, 11) is 2.00. The van der Waals surface area contributed by atoms with Gasteiger partial charge in [-0.2, -0.15) is 0 Å². The lowest BCUT2D eigenvalue weighted by Crippen LogP contribution is -2.19. The summed E-state index contributed by atoms with van der Waals surface area (Å²) in [5.74, 6) is -0.165. The van der Waals surface area contributed by atoms with Gasteiger partial charge in [0.1, 0.15) is 6.04 Å². The Balaban J connectivity index is 1.89. The molecule has 0 saturated carbocycles. The molecule has 1 aliphatic heterocycles. The van der Waals surface area contributed by atoms with Crippen molar-refractivity contribution in [3.63, 3.8) is 0 Å². The fraction of sp³-hybridized carbons (Fsp3) is 0.214. The van der Waals surface area contributed by atoms with Gasteiger partial charge in [-0.15, -0.1) is 11.3 Å². The molecule has 1 unspecified atom stereocenters. The quantitative estimate of drug-likeness (QED) is 0.844. The molecule has 0 bridgehead atoms. The molecule has 0 aliphatic carbocycles. The normalized spacial score (nSPS) is 16.8. The van der Waals surface area contributed by atoms with Crippen molar-refractivity contribution >= 4 is 56.1 Å². The minimum atomic E-state index is -0.591. The van der Waals surface area contributed by atoms with Crippen LogP contribution in [0.15, 0.2) is 28.7 Å². The zero-order valence-corrected chi connectivity index (χ0v) is 14.3. The number of anilines is 2. The van der Waals surface area contributed by atoms with Gasteiger partial charge in [0.2, 0.25) is 5.91 Å². The maximum absolute atomic E-state index is 11.6. The van der Waals surface area contributed by atoms with Crippen LogP contribution in [0.25, 0.3) is 0 Å². The van der Waals surface area contributed by atoms with E-state index in [2.05, 4.69) is 26.1 Å². The number of nitrogens with two attached hydrogens (primary N) is 1. The number of amides is 1. The Morgan fingerprint density at radius 2 is 2.24 bits per heavy atom. The third-order valence-electron chi connectivity index (χ3n) is 3.43. The summed E-state index contributed by atoms with van der Waals surface area (Å²) in [5.41, 5.74) is 8.45. The molecule has 2 heterocycles. The molecule has 0 radical (unpaired) electrons. The first-order chi connectivity index (χ1) is 9.95. The first-order valence-electron chi connectivity index (χ1n) is 6.31. The highest BCUT2D eigenvalue weighted by Gasteiger charge is 2.28. The number of thiophene rings is 1. The minimum absolute atomic E-state index is 0.165. The molecule has 1 aromatic carbocycles. The second-order valence-electron chi connectivity index (χ2n) is 4.92. The van der Waals surface area contributed by atoms with E-state index >= 15 is 0 Å². The molecule has 4 nitrogen and oxygen atoms in total. The largest absolute Gasteiger partial charge is 0.368 e. The Labute approximate surface area is 140 Å². The van der Waals surface area contributed by atoms with Gasteiger partial charge in [-0.05, 0) is 40.2 Å². The number of rotatable bonds is 3. The molecule has 7 heteroatoms. The minimum Gasteiger partial charge on any atom is -0.368 e. The molecule has 1 amide bonds. The van der Waals surface area contributed by atoms with E-state index in [0.29, 0.717) is 0 Å². The highest BCUT2D eigenvalue weighted by atomic mass is 79.9. The highest BCUT2D eigenvalue weighted by Crippen LogP contribution is 2.38. The number of fused-ring (bicyclic) bond motifs is 1. The topological polar surface area (TPSA) is 58.4 Å². The van der Waals surface area contributed by atoms with Gasteiger partial charge in [0, 0.05) is 27.6 Å². The van der Waals surface area contributed by atoms with Crippen LogP contribution in [0.2, 0.25) is 4.34 Å². The van der Waals surface area contributed by atoms with Crippen LogP contribution in [0.3, 0.4) is 0 Å². The van der Waals surface area contributed by atoms with Crippen molar-refractivity contribution in [1.82, 2.24) is 0 Å². The lowest BCUT2D eigenvalue weighted by Gasteiger charge is -2.21. The van der Waals surface area contributed by atoms with Crippen LogP contribution in [0.4, 0.5) is 11.4 Å². The number of nitrogens with zero attached hydrogens (tertiary/aromatic N) is 1. The molecule has 1 aliphatic rings. The van der Waals surface area contributed by atoms with Crippen molar-refractivity contribution in [1.29, 1.82) is 0 Å². The number of carbonyl (C=O) groups excluding carboxylic acids is 1. The number of carbonyl (C=O) groups is 1. The maximum atomic E-state index is 11.6. The molecule has 3 rings (SSSR count). The van der Waals surface area contributed by atoms with Gasteiger partial charge in [-0.1, -0.05) is 11.6 Å². The summed E-state index contributed by atoms with van der Waals surface area (Å²) < 4.78 is 1.70. The van der Waals surface area contributed by atoms with Crippen LogP contribution in [0, 0.1) is 0 Å². The molecule has 3 N–H and O–H groups in total. The molecule has 0 fully saturated rings. The number of nitrogens with one attached hydrogen (secondary N) is 1. The van der Waals surface area contributed by atoms with Crippen LogP contribution in [0.5, 0.6) is 0 Å². The van der Waals surface area contributed by atoms with Gasteiger partial charge < -0.3 is 16.0 Å². The van der Waals surface area contributed by atoms with Crippen LogP contribution in [0.1, 0.15) is 16.5 Å². The Kier molecular flexibility index (Phi) is 3.96. The Bertz CT molecular complexity index is 718. The van der Waals surface area contributed by atoms with Crippen molar-refractivity contribution in [3.05, 3.63) is 43.5 Å². The highest BCUT2D eigenvalue weighted by molar-refractivity contribution is 9.10. The summed E-state index contributed by atoms with van der Waals surface area (Å²) in [4.78, 5) is 14.9. The number of halogens is 2. The molecule has 1 aromatic heterocycles. The standard InChI is InChI=1S/C14H13BrClN3OS/c1-19(6-7-2-3-12(16)21-7)11-5-10-8(4-9(11)15)13(17)14(20)18-10/h2-5,13H,6,17H2,1H3,(H,18,20). The molecule has 0 spiro atoms. The van der Waals surface area contributed by atoms with Crippen molar-refractivity contribution < 1.29 is 4.79 Å². The summed E-state index contributed by atoms with van der Waals surface area (Å²) in [6.45, 7) is 0.745. The molecule has 21 heavy (non-hydrogen) atoms. The summed E-state index contributed by atoms with van der Waals surface area (Å²) in [6.07, 6.45) is 0. The monoisotopic (exact) mass is 385 g/mol. The molecule has 0 saturated heterocycles. The van der Waals surface area contributed by atoms with E-state index < -0.39 is 6.04 Å². The molecule has 110 valence electrons. The predicted molar refractivity (Wildman–Crippen MR) is 91.1 cm³/mol. The second-order valence-corrected chi connectivity index (χ2v) is 7.57. The Morgan fingerprint density at radius 3 is 2.90 bits per heavy atom. The first kappa shape index (κ1) is 14.8. The van der Waals surface area contributed by atoms with Crippen molar-refractivity contribution in [3.8, 4) is 0 Å². The Morgan fingerprint density at radius 1 is 1.48 bits per heavy atom. The van der Waals surface area contributed by atoms with Gasteiger partial charge in [-0.3, -0.25) is 4.79 Å². The number of hydrogen-bond acceptors (Lipinski definition) is 4. The zero-order chi connectivity index (χ0) is 15.1. The lowest BCUT2D eigenvalue weighted by molar-refractivity contribution is -0.116. The van der Waals surface area contributed by atoms with Crippen molar-refractivity contribution in [2.75, 3.05) is 17.3 Å². The van der Waals surface area contributed by atoms with E-state index in [1.807, 2.05) is 31.3 Å². The van der Waals surface area contributed by atoms with E-state index in [0.717, 1.165) is 32.3 Å². The third kappa shape index (κ3) is 2.81. The smallest absolute Gasteiger partial charge is 0.245 e. The van der Waals surface area contributed by atoms with Crippen molar-refractivity contribution in [2.45, 2.75) is 12.6 Å². The number of benzene rings is 1. The van der Waals surface area contributed by atoms with Gasteiger partial charge in [0.15, 0.2) is 0 Å². The number of hydrogen-bond donors (Lipinski definition) is 2. The second kappa shape index (κ2) is 5.61. The lowest BCUT2D eigenvalue weighted by atomic mass is 10.1. The Hall–Kier alpha value is -1.08. The van der Waals surface area contributed by atoms with E-state index in [1.54, 1.807) is 11.3 Å². The average Bonchev–Trinajstić information content (AvgIpc) is 2.95. The van der Waals surface area contributed by atoms with Gasteiger partial charge in [-0.25, -0.2) is 0 Å². The van der Waals surface area contributed by atoms with Crippen molar-refractivity contribution in [2.24, 2.45) is 5.73 Å². The average molecular weight is 387 g/mol. The van der Waals surface area contributed by atoms with E-state index in [-0.39, 0.29) is 5.91 Å². The van der Waals surface area contributed by atoms with Gasteiger partial charge in [0.25, 0.3) is 0 Å². The molecule has 1 atom stereocenters. The van der Waals surface area contributed by atoms with Crippen LogP contribution < -0.4 is 16.0 Å². The zero-order valence-electron chi connectivity index (χ0n) is 11.2. The van der Waals surface area contributed by atoms with Gasteiger partial charge in [0.05, 0.1) is 16.6 Å². The molecular weight excluding hydrogens is 374 g/mol. The van der Waals surface area contributed by atoms with Crippen LogP contribution in [-0.2, 0) is 11.3 Å². The third-order valence-corrected chi connectivity index (χ3v) is 5.28. The SMILES string of the molecule is CN(Cc1ccc(Cl)s1)c1cc2c(cc1Br)C(N)C(=O)N2. The first-order valence-corrected chi connectivity index (χ1v) is 8.29. The van der Waals surface area contributed by atoms with Crippen LogP contribution >= 0.6 is 38.9 Å². The summed E-state index contributed by atoms with van der Waals surface area (Å²) >= 11 is 11.1. The molecule has 2 aromatic rings. The fourth-order valence-electron chi connectivity index (χ4n) is 2.34.